The second kappa shape index (κ2) is 4.63. The number of halogens is 4. The predicted molar refractivity (Wildman–Crippen MR) is 68.8 cm³/mol. The number of hydrogen-bond donors (Lipinski definition) is 1. The van der Waals surface area contributed by atoms with Crippen molar-refractivity contribution in [1.29, 1.82) is 0 Å². The smallest absolute Gasteiger partial charge is 0.383 e. The third-order valence-corrected chi connectivity index (χ3v) is 3.70. The molecule has 108 valence electrons. The van der Waals surface area contributed by atoms with Crippen LogP contribution in [0.25, 0.3) is 11.0 Å². The molecule has 1 aliphatic rings. The molecule has 0 radical (unpaired) electrons. The van der Waals surface area contributed by atoms with E-state index in [1.165, 1.54) is 0 Å². The monoisotopic (exact) mass is 304 g/mol. The van der Waals surface area contributed by atoms with Gasteiger partial charge in [0.25, 0.3) is 0 Å². The maximum Gasteiger partial charge on any atom is 0.414 e. The van der Waals surface area contributed by atoms with Crippen molar-refractivity contribution in [2.24, 2.45) is 0 Å². The molecule has 3 rings (SSSR count). The van der Waals surface area contributed by atoms with Gasteiger partial charge in [-0.1, -0.05) is 17.7 Å². The van der Waals surface area contributed by atoms with Crippen LogP contribution in [0.3, 0.4) is 0 Å². The van der Waals surface area contributed by atoms with Crippen LogP contribution in [0.4, 0.5) is 13.2 Å². The van der Waals surface area contributed by atoms with Crippen molar-refractivity contribution in [2.45, 2.75) is 37.6 Å². The Bertz CT molecular complexity index is 649. The summed E-state index contributed by atoms with van der Waals surface area (Å²) in [7, 11) is 0. The van der Waals surface area contributed by atoms with Crippen molar-refractivity contribution >= 4 is 22.6 Å². The molecule has 3 nitrogen and oxygen atoms in total. The highest BCUT2D eigenvalue weighted by Gasteiger charge is 2.40. The van der Waals surface area contributed by atoms with E-state index in [-0.39, 0.29) is 11.9 Å². The summed E-state index contributed by atoms with van der Waals surface area (Å²) in [5.74, 6) is 0.237. The zero-order valence-corrected chi connectivity index (χ0v) is 11.1. The normalized spacial score (nSPS) is 17.6. The maximum absolute atomic E-state index is 12.5. The topological polar surface area (TPSA) is 38.1 Å². The SMILES string of the molecule is OC(Cc1nc2cccc(Cl)c2n1C1CC1)C(F)(F)F. The number of rotatable bonds is 3. The van der Waals surface area contributed by atoms with Crippen molar-refractivity contribution in [3.63, 3.8) is 0 Å². The summed E-state index contributed by atoms with van der Waals surface area (Å²) < 4.78 is 39.3. The second-order valence-corrected chi connectivity index (χ2v) is 5.41. The highest BCUT2D eigenvalue weighted by atomic mass is 35.5. The van der Waals surface area contributed by atoms with E-state index in [2.05, 4.69) is 4.98 Å². The number of nitrogens with zero attached hydrogens (tertiary/aromatic N) is 2. The fourth-order valence-corrected chi connectivity index (χ4v) is 2.57. The molecule has 1 aromatic carbocycles. The highest BCUT2D eigenvalue weighted by Crippen LogP contribution is 2.41. The summed E-state index contributed by atoms with van der Waals surface area (Å²) in [4.78, 5) is 4.21. The first-order valence-electron chi connectivity index (χ1n) is 6.28. The van der Waals surface area contributed by atoms with Crippen molar-refractivity contribution in [2.75, 3.05) is 0 Å². The molecule has 2 aromatic rings. The molecule has 1 atom stereocenters. The van der Waals surface area contributed by atoms with Gasteiger partial charge < -0.3 is 9.67 Å². The van der Waals surface area contributed by atoms with Crippen molar-refractivity contribution < 1.29 is 18.3 Å². The molecule has 1 aromatic heterocycles. The summed E-state index contributed by atoms with van der Waals surface area (Å²) >= 11 is 6.13. The van der Waals surface area contributed by atoms with E-state index in [4.69, 9.17) is 11.6 Å². The molecule has 7 heteroatoms. The van der Waals surface area contributed by atoms with Crippen LogP contribution in [0.2, 0.25) is 5.02 Å². The van der Waals surface area contributed by atoms with E-state index in [9.17, 15) is 18.3 Å². The molecule has 1 aliphatic carbocycles. The fraction of sp³-hybridized carbons (Fsp3) is 0.462. The van der Waals surface area contributed by atoms with Crippen LogP contribution in [0.5, 0.6) is 0 Å². The highest BCUT2D eigenvalue weighted by molar-refractivity contribution is 6.35. The fourth-order valence-electron chi connectivity index (χ4n) is 2.31. The lowest BCUT2D eigenvalue weighted by molar-refractivity contribution is -0.203. The number of fused-ring (bicyclic) bond motifs is 1. The third kappa shape index (κ3) is 2.38. The van der Waals surface area contributed by atoms with E-state index in [0.717, 1.165) is 12.8 Å². The van der Waals surface area contributed by atoms with Gasteiger partial charge in [-0.3, -0.25) is 0 Å². The number of benzene rings is 1. The van der Waals surface area contributed by atoms with E-state index < -0.39 is 18.7 Å². The van der Waals surface area contributed by atoms with Gasteiger partial charge >= 0.3 is 6.18 Å². The van der Waals surface area contributed by atoms with Crippen LogP contribution in [0.15, 0.2) is 18.2 Å². The summed E-state index contributed by atoms with van der Waals surface area (Å²) in [5.41, 5.74) is 1.22. The Labute approximate surface area is 118 Å². The second-order valence-electron chi connectivity index (χ2n) is 5.00. The van der Waals surface area contributed by atoms with Gasteiger partial charge in [-0.2, -0.15) is 13.2 Å². The number of aliphatic hydroxyl groups excluding tert-OH is 1. The molecule has 1 fully saturated rings. The minimum atomic E-state index is -4.64. The Morgan fingerprint density at radius 3 is 2.70 bits per heavy atom. The van der Waals surface area contributed by atoms with Crippen LogP contribution in [-0.4, -0.2) is 26.9 Å². The zero-order chi connectivity index (χ0) is 14.5. The number of hydrogen-bond acceptors (Lipinski definition) is 2. The third-order valence-electron chi connectivity index (χ3n) is 3.40. The number of aliphatic hydroxyl groups is 1. The average molecular weight is 305 g/mol. The van der Waals surface area contributed by atoms with Gasteiger partial charge in [-0.25, -0.2) is 4.98 Å². The van der Waals surface area contributed by atoms with Gasteiger partial charge in [-0.05, 0) is 25.0 Å². The van der Waals surface area contributed by atoms with Crippen LogP contribution in [-0.2, 0) is 6.42 Å². The minimum Gasteiger partial charge on any atom is -0.383 e. The first kappa shape index (κ1) is 13.7. The lowest BCUT2D eigenvalue weighted by Crippen LogP contribution is -2.31. The molecule has 1 N–H and O–H groups in total. The Kier molecular flexibility index (Phi) is 3.17. The molecular formula is C13H12ClF3N2O. The Balaban J connectivity index is 2.07. The largest absolute Gasteiger partial charge is 0.414 e. The van der Waals surface area contributed by atoms with Crippen molar-refractivity contribution in [3.05, 3.63) is 29.0 Å². The lowest BCUT2D eigenvalue weighted by atomic mass is 10.2. The van der Waals surface area contributed by atoms with Crippen LogP contribution < -0.4 is 0 Å². The van der Waals surface area contributed by atoms with Crippen LogP contribution >= 0.6 is 11.6 Å². The molecule has 0 saturated heterocycles. The van der Waals surface area contributed by atoms with Crippen molar-refractivity contribution in [1.82, 2.24) is 9.55 Å². The summed E-state index contributed by atoms with van der Waals surface area (Å²) in [6.07, 6.45) is -5.81. The quantitative estimate of drug-likeness (QED) is 0.942. The molecule has 0 bridgehead atoms. The first-order valence-corrected chi connectivity index (χ1v) is 6.66. The summed E-state index contributed by atoms with van der Waals surface area (Å²) in [6.45, 7) is 0. The lowest BCUT2D eigenvalue weighted by Gasteiger charge is -2.15. The molecule has 1 heterocycles. The van der Waals surface area contributed by atoms with Gasteiger partial charge in [0, 0.05) is 12.5 Å². The summed E-state index contributed by atoms with van der Waals surface area (Å²) in [5, 5.41) is 9.72. The molecule has 0 amide bonds. The van der Waals surface area contributed by atoms with Gasteiger partial charge in [-0.15, -0.1) is 0 Å². The number of para-hydroxylation sites is 1. The average Bonchev–Trinajstić information content (AvgIpc) is 3.11. The minimum absolute atomic E-state index is 0.135. The van der Waals surface area contributed by atoms with E-state index in [1.807, 2.05) is 0 Å². The Hall–Kier alpha value is -1.27. The van der Waals surface area contributed by atoms with Crippen LogP contribution in [0, 0.1) is 0 Å². The van der Waals surface area contributed by atoms with Crippen molar-refractivity contribution in [3.8, 4) is 0 Å². The standard InChI is InChI=1S/C13H12ClF3N2O/c14-8-2-1-3-9-12(8)19(7-4-5-7)11(18-9)6-10(20)13(15,16)17/h1-3,7,10,20H,4-6H2. The summed E-state index contributed by atoms with van der Waals surface area (Å²) in [6, 6.07) is 5.24. The van der Waals surface area contributed by atoms with Gasteiger partial charge in [0.1, 0.15) is 5.82 Å². The van der Waals surface area contributed by atoms with E-state index in [0.29, 0.717) is 16.1 Å². The molecule has 0 aliphatic heterocycles. The number of imidazole rings is 1. The molecule has 20 heavy (non-hydrogen) atoms. The molecule has 1 unspecified atom stereocenters. The van der Waals surface area contributed by atoms with Gasteiger partial charge in [0.2, 0.25) is 0 Å². The molecule has 0 spiro atoms. The van der Waals surface area contributed by atoms with Gasteiger partial charge in [0.05, 0.1) is 16.1 Å². The van der Waals surface area contributed by atoms with E-state index in [1.54, 1.807) is 22.8 Å². The van der Waals surface area contributed by atoms with Crippen LogP contribution in [0.1, 0.15) is 24.7 Å². The van der Waals surface area contributed by atoms with E-state index >= 15 is 0 Å². The van der Waals surface area contributed by atoms with Gasteiger partial charge in [0.15, 0.2) is 6.10 Å². The Morgan fingerprint density at radius 2 is 2.10 bits per heavy atom. The Morgan fingerprint density at radius 1 is 1.40 bits per heavy atom. The maximum atomic E-state index is 12.5. The predicted octanol–water partition coefficient (Wildman–Crippen LogP) is 3.49. The molecule has 1 saturated carbocycles. The molecular weight excluding hydrogens is 293 g/mol. The zero-order valence-electron chi connectivity index (χ0n) is 10.4. The number of aromatic nitrogens is 2. The number of alkyl halides is 3. The first-order chi connectivity index (χ1) is 9.38.